The minimum Gasteiger partial charge on any atom is -0.455 e. The monoisotopic (exact) mass is 729 g/mol. The molecular weight excluding hydrogens is 691 g/mol. The molecule has 57 heavy (non-hydrogen) atoms. The van der Waals surface area contributed by atoms with Crippen molar-refractivity contribution < 1.29 is 4.42 Å². The summed E-state index contributed by atoms with van der Waals surface area (Å²) in [6.07, 6.45) is 0. The minimum atomic E-state index is -0.148. The molecule has 0 fully saturated rings. The number of nitrogens with zero attached hydrogens (tertiary/aromatic N) is 1. The van der Waals surface area contributed by atoms with Crippen LogP contribution in [0.5, 0.6) is 0 Å². The molecule has 2 heteroatoms. The topological polar surface area (TPSA) is 16.4 Å². The summed E-state index contributed by atoms with van der Waals surface area (Å²) in [7, 11) is 0. The molecule has 0 spiro atoms. The maximum Gasteiger partial charge on any atom is 0.143 e. The molecule has 270 valence electrons. The number of rotatable bonds is 6. The molecule has 1 aromatic heterocycles. The highest BCUT2D eigenvalue weighted by Gasteiger charge is 2.36. The van der Waals surface area contributed by atoms with E-state index in [1.54, 1.807) is 0 Å². The van der Waals surface area contributed by atoms with Gasteiger partial charge in [-0.15, -0.1) is 0 Å². The molecule has 2 nitrogen and oxygen atoms in total. The summed E-state index contributed by atoms with van der Waals surface area (Å²) in [6.45, 7) is 4.71. The fourth-order valence-electron chi connectivity index (χ4n) is 9.31. The fraction of sp³-hybridized carbons (Fsp3) is 0.0545. The van der Waals surface area contributed by atoms with E-state index < -0.39 is 0 Å². The molecule has 0 saturated carbocycles. The fourth-order valence-corrected chi connectivity index (χ4v) is 9.31. The molecule has 1 aliphatic carbocycles. The highest BCUT2D eigenvalue weighted by atomic mass is 16.3. The number of furan rings is 1. The molecule has 1 aliphatic rings. The van der Waals surface area contributed by atoms with Gasteiger partial charge in [0.15, 0.2) is 0 Å². The first-order valence-electron chi connectivity index (χ1n) is 19.8. The van der Waals surface area contributed by atoms with E-state index in [1.807, 2.05) is 0 Å². The second-order valence-electron chi connectivity index (χ2n) is 15.7. The van der Waals surface area contributed by atoms with Crippen molar-refractivity contribution in [3.05, 3.63) is 211 Å². The first-order valence-corrected chi connectivity index (χ1v) is 19.8. The third kappa shape index (κ3) is 5.25. The molecule has 0 saturated heterocycles. The Morgan fingerprint density at radius 1 is 0.421 bits per heavy atom. The number of fused-ring (bicyclic) bond motifs is 7. The van der Waals surface area contributed by atoms with Gasteiger partial charge in [0.2, 0.25) is 0 Å². The maximum absolute atomic E-state index is 7.06. The second-order valence-corrected chi connectivity index (χ2v) is 15.7. The molecule has 0 amide bonds. The lowest BCUT2D eigenvalue weighted by Crippen LogP contribution is -2.17. The highest BCUT2D eigenvalue weighted by molar-refractivity contribution is 6.22. The van der Waals surface area contributed by atoms with Crippen LogP contribution in [0.1, 0.15) is 25.0 Å². The zero-order valence-corrected chi connectivity index (χ0v) is 31.9. The van der Waals surface area contributed by atoms with Crippen molar-refractivity contribution in [3.63, 3.8) is 0 Å². The predicted molar refractivity (Wildman–Crippen MR) is 240 cm³/mol. The van der Waals surface area contributed by atoms with Crippen molar-refractivity contribution in [3.8, 4) is 44.5 Å². The Kier molecular flexibility index (Phi) is 7.55. The number of benzene rings is 9. The van der Waals surface area contributed by atoms with Gasteiger partial charge in [-0.3, -0.25) is 0 Å². The quantitative estimate of drug-likeness (QED) is 0.169. The Hall–Kier alpha value is -7.16. The Morgan fingerprint density at radius 2 is 1.04 bits per heavy atom. The van der Waals surface area contributed by atoms with Crippen LogP contribution in [-0.4, -0.2) is 0 Å². The van der Waals surface area contributed by atoms with E-state index in [-0.39, 0.29) is 5.41 Å². The van der Waals surface area contributed by atoms with E-state index in [2.05, 4.69) is 219 Å². The van der Waals surface area contributed by atoms with Gasteiger partial charge in [0.05, 0.1) is 16.8 Å². The van der Waals surface area contributed by atoms with Crippen LogP contribution in [0.25, 0.3) is 77.2 Å². The van der Waals surface area contributed by atoms with Crippen molar-refractivity contribution in [1.29, 1.82) is 0 Å². The standard InChI is InChI=1S/C55H39NO/c1-55(2)47-24-13-11-23-44(47)45-33-32-41(35-48(45)55)56(49-25-14-12-21-42(49)38-18-7-4-8-19-38)50-26-15-27-51-53(50)46-34-40-20-9-10-22-43(40)52(54(46)57-51)39-30-28-37(29-31-39)36-16-5-3-6-17-36/h3-35H,1-2H3. The summed E-state index contributed by atoms with van der Waals surface area (Å²) in [5.74, 6) is 0. The maximum atomic E-state index is 7.06. The Bertz CT molecular complexity index is 3140. The van der Waals surface area contributed by atoms with E-state index >= 15 is 0 Å². The van der Waals surface area contributed by atoms with E-state index in [1.165, 1.54) is 49.7 Å². The van der Waals surface area contributed by atoms with Gasteiger partial charge in [0, 0.05) is 27.6 Å². The average molecular weight is 730 g/mol. The molecule has 11 rings (SSSR count). The van der Waals surface area contributed by atoms with E-state index in [0.717, 1.165) is 55.7 Å². The minimum absolute atomic E-state index is 0.148. The summed E-state index contributed by atoms with van der Waals surface area (Å²) < 4.78 is 7.06. The first-order chi connectivity index (χ1) is 28.0. The third-order valence-electron chi connectivity index (χ3n) is 12.1. The van der Waals surface area contributed by atoms with Crippen LogP contribution in [-0.2, 0) is 5.41 Å². The molecule has 10 aromatic rings. The summed E-state index contributed by atoms with van der Waals surface area (Å²) in [4.78, 5) is 2.46. The zero-order valence-electron chi connectivity index (χ0n) is 31.9. The summed E-state index contributed by atoms with van der Waals surface area (Å²) in [5.41, 5.74) is 17.2. The number of anilines is 3. The zero-order chi connectivity index (χ0) is 38.1. The Morgan fingerprint density at radius 3 is 1.84 bits per heavy atom. The number of para-hydroxylation sites is 1. The smallest absolute Gasteiger partial charge is 0.143 e. The van der Waals surface area contributed by atoms with Crippen LogP contribution in [0.15, 0.2) is 205 Å². The van der Waals surface area contributed by atoms with E-state index in [4.69, 9.17) is 4.42 Å². The van der Waals surface area contributed by atoms with Gasteiger partial charge in [-0.2, -0.15) is 0 Å². The predicted octanol–water partition coefficient (Wildman–Crippen LogP) is 15.5. The molecule has 1 heterocycles. The van der Waals surface area contributed by atoms with Crippen LogP contribution >= 0.6 is 0 Å². The normalized spacial score (nSPS) is 12.9. The average Bonchev–Trinajstić information content (AvgIpc) is 3.75. The van der Waals surface area contributed by atoms with Gasteiger partial charge in [-0.1, -0.05) is 178 Å². The lowest BCUT2D eigenvalue weighted by atomic mass is 9.82. The molecular formula is C55H39NO. The third-order valence-corrected chi connectivity index (χ3v) is 12.1. The van der Waals surface area contributed by atoms with Crippen molar-refractivity contribution in [2.45, 2.75) is 19.3 Å². The molecule has 0 unspecified atom stereocenters. The molecule has 0 radical (unpaired) electrons. The SMILES string of the molecule is CC1(C)c2ccccc2-c2ccc(N(c3ccccc3-c3ccccc3)c3cccc4oc5c(-c6ccc(-c7ccccc7)cc6)c6ccccc6cc5c34)cc21. The highest BCUT2D eigenvalue weighted by Crippen LogP contribution is 2.53. The van der Waals surface area contributed by atoms with Crippen molar-refractivity contribution in [2.75, 3.05) is 4.90 Å². The summed E-state index contributed by atoms with van der Waals surface area (Å²) in [6, 6.07) is 72.5. The van der Waals surface area contributed by atoms with Crippen molar-refractivity contribution >= 4 is 49.8 Å². The van der Waals surface area contributed by atoms with Crippen molar-refractivity contribution in [1.82, 2.24) is 0 Å². The lowest BCUT2D eigenvalue weighted by molar-refractivity contribution is 0.660. The molecule has 0 N–H and O–H groups in total. The summed E-state index contributed by atoms with van der Waals surface area (Å²) in [5, 5.41) is 4.53. The van der Waals surface area contributed by atoms with Gasteiger partial charge in [0.1, 0.15) is 11.2 Å². The van der Waals surface area contributed by atoms with Crippen LogP contribution in [0.4, 0.5) is 17.1 Å². The summed E-state index contributed by atoms with van der Waals surface area (Å²) >= 11 is 0. The second kappa shape index (κ2) is 13.0. The van der Waals surface area contributed by atoms with Crippen LogP contribution in [0, 0.1) is 0 Å². The molecule has 9 aromatic carbocycles. The van der Waals surface area contributed by atoms with Gasteiger partial charge >= 0.3 is 0 Å². The van der Waals surface area contributed by atoms with Gasteiger partial charge in [-0.25, -0.2) is 0 Å². The van der Waals surface area contributed by atoms with Crippen molar-refractivity contribution in [2.24, 2.45) is 0 Å². The van der Waals surface area contributed by atoms with Gasteiger partial charge < -0.3 is 9.32 Å². The van der Waals surface area contributed by atoms with E-state index in [0.29, 0.717) is 0 Å². The van der Waals surface area contributed by atoms with E-state index in [9.17, 15) is 0 Å². The molecule has 0 aliphatic heterocycles. The van der Waals surface area contributed by atoms with Gasteiger partial charge in [0.25, 0.3) is 0 Å². The Balaban J connectivity index is 1.18. The largest absolute Gasteiger partial charge is 0.455 e. The molecule has 0 bridgehead atoms. The molecule has 0 atom stereocenters. The lowest BCUT2D eigenvalue weighted by Gasteiger charge is -2.30. The van der Waals surface area contributed by atoms with Gasteiger partial charge in [-0.05, 0) is 91.7 Å². The van der Waals surface area contributed by atoms with Crippen LogP contribution in [0.3, 0.4) is 0 Å². The number of hydrogen-bond donors (Lipinski definition) is 0. The Labute approximate surface area is 332 Å². The first kappa shape index (κ1) is 33.2. The van der Waals surface area contributed by atoms with Crippen LogP contribution < -0.4 is 4.90 Å². The number of hydrogen-bond acceptors (Lipinski definition) is 2. The van der Waals surface area contributed by atoms with Crippen LogP contribution in [0.2, 0.25) is 0 Å².